The summed E-state index contributed by atoms with van der Waals surface area (Å²) in [6.45, 7) is 4.30. The zero-order chi connectivity index (χ0) is 25.6. The molecule has 0 bridgehead atoms. The second-order valence-electron chi connectivity index (χ2n) is 8.58. The van der Waals surface area contributed by atoms with Gasteiger partial charge in [-0.2, -0.15) is 0 Å². The quantitative estimate of drug-likeness (QED) is 0.228. The van der Waals surface area contributed by atoms with Crippen LogP contribution in [0.1, 0.15) is 0 Å². The molecule has 3 heterocycles. The molecule has 5 rings (SSSR count). The van der Waals surface area contributed by atoms with Gasteiger partial charge in [0.1, 0.15) is 41.3 Å². The zero-order valence-corrected chi connectivity index (χ0v) is 21.1. The molecule has 0 amide bonds. The molecule has 1 aliphatic heterocycles. The molecule has 0 spiro atoms. The second kappa shape index (κ2) is 11.6. The topological polar surface area (TPSA) is 87.9 Å². The van der Waals surface area contributed by atoms with Gasteiger partial charge in [-0.05, 0) is 29.8 Å². The number of carbonyl (C=O) groups is 1. The van der Waals surface area contributed by atoms with Crippen molar-refractivity contribution in [3.05, 3.63) is 66.2 Å². The lowest BCUT2D eigenvalue weighted by Crippen LogP contribution is -2.43. The molecule has 192 valence electrons. The number of aromatic nitrogens is 3. The molecule has 0 saturated carbocycles. The Morgan fingerprint density at radius 2 is 1.92 bits per heavy atom. The fourth-order valence-corrected chi connectivity index (χ4v) is 4.64. The number of hydrogen-bond acceptors (Lipinski definition) is 8. The maximum Gasteiger partial charge on any atom is 0.293 e. The van der Waals surface area contributed by atoms with Crippen molar-refractivity contribution in [3.63, 3.8) is 0 Å². The van der Waals surface area contributed by atoms with Crippen molar-refractivity contribution in [1.82, 2.24) is 19.4 Å². The minimum Gasteiger partial charge on any atom is -0.497 e. The van der Waals surface area contributed by atoms with E-state index in [4.69, 9.17) is 30.5 Å². The number of benzene rings is 2. The lowest BCUT2D eigenvalue weighted by Gasteiger charge is -2.29. The molecule has 0 radical (unpaired) electrons. The van der Waals surface area contributed by atoms with E-state index in [2.05, 4.69) is 14.9 Å². The van der Waals surface area contributed by atoms with Gasteiger partial charge < -0.3 is 23.5 Å². The van der Waals surface area contributed by atoms with Crippen LogP contribution in [0.25, 0.3) is 27.8 Å². The predicted octanol–water partition coefficient (Wildman–Crippen LogP) is 4.00. The first-order valence-electron chi connectivity index (χ1n) is 11.9. The Morgan fingerprint density at radius 3 is 2.68 bits per heavy atom. The van der Waals surface area contributed by atoms with Gasteiger partial charge in [0.25, 0.3) is 6.47 Å². The molecular weight excluding hydrogens is 496 g/mol. The van der Waals surface area contributed by atoms with E-state index in [0.717, 1.165) is 41.0 Å². The largest absolute Gasteiger partial charge is 0.497 e. The third kappa shape index (κ3) is 5.69. The SMILES string of the molecule is COc1cccc(-n2cc(-c3ccc(OCC(CN4CCOCC4)OC=O)cc3)c3c(Cl)ncnc32)c1. The minimum absolute atomic E-state index is 0.254. The van der Waals surface area contributed by atoms with Crippen LogP contribution in [0.15, 0.2) is 61.1 Å². The summed E-state index contributed by atoms with van der Waals surface area (Å²) in [5, 5.41) is 1.13. The number of hydrogen-bond donors (Lipinski definition) is 0. The van der Waals surface area contributed by atoms with Gasteiger partial charge in [0, 0.05) is 37.5 Å². The average molecular weight is 523 g/mol. The van der Waals surface area contributed by atoms with Gasteiger partial charge in [-0.15, -0.1) is 0 Å². The monoisotopic (exact) mass is 522 g/mol. The standard InChI is InChI=1S/C27H27ClN4O5/c1-34-22-4-2-3-20(13-22)32-15-24(25-26(28)29-17-30-27(25)32)19-5-7-21(8-6-19)36-16-23(37-18-33)14-31-9-11-35-12-10-31/h2-8,13,15,17-18,23H,9-12,14,16H2,1H3. The molecule has 2 aromatic heterocycles. The second-order valence-corrected chi connectivity index (χ2v) is 8.94. The van der Waals surface area contributed by atoms with Crippen molar-refractivity contribution in [2.24, 2.45) is 0 Å². The first kappa shape index (κ1) is 25.0. The van der Waals surface area contributed by atoms with Gasteiger partial charge >= 0.3 is 0 Å². The van der Waals surface area contributed by atoms with E-state index >= 15 is 0 Å². The number of morpholine rings is 1. The highest BCUT2D eigenvalue weighted by molar-refractivity contribution is 6.35. The summed E-state index contributed by atoms with van der Waals surface area (Å²) in [5.74, 6) is 1.41. The summed E-state index contributed by atoms with van der Waals surface area (Å²) < 4.78 is 24.0. The Kier molecular flexibility index (Phi) is 7.84. The molecular formula is C27H27ClN4O5. The molecule has 10 heteroatoms. The predicted molar refractivity (Wildman–Crippen MR) is 140 cm³/mol. The molecule has 1 fully saturated rings. The smallest absolute Gasteiger partial charge is 0.293 e. The molecule has 4 aromatic rings. The Balaban J connectivity index is 1.37. The third-order valence-electron chi connectivity index (χ3n) is 6.28. The lowest BCUT2D eigenvalue weighted by atomic mass is 10.1. The number of ether oxygens (including phenoxy) is 4. The van der Waals surface area contributed by atoms with Crippen LogP contribution in [0, 0.1) is 0 Å². The Hall–Kier alpha value is -3.66. The Bertz CT molecular complexity index is 1350. The number of fused-ring (bicyclic) bond motifs is 1. The summed E-state index contributed by atoms with van der Waals surface area (Å²) in [5.41, 5.74) is 3.42. The van der Waals surface area contributed by atoms with Crippen LogP contribution in [0.2, 0.25) is 5.15 Å². The summed E-state index contributed by atoms with van der Waals surface area (Å²) in [6.07, 6.45) is 3.08. The summed E-state index contributed by atoms with van der Waals surface area (Å²) in [4.78, 5) is 21.9. The van der Waals surface area contributed by atoms with E-state index in [0.29, 0.717) is 42.8 Å². The molecule has 9 nitrogen and oxygen atoms in total. The summed E-state index contributed by atoms with van der Waals surface area (Å²) in [6, 6.07) is 15.4. The van der Waals surface area contributed by atoms with Crippen LogP contribution in [-0.2, 0) is 14.3 Å². The number of halogens is 1. The molecule has 2 aromatic carbocycles. The molecule has 0 N–H and O–H groups in total. The molecule has 1 saturated heterocycles. The lowest BCUT2D eigenvalue weighted by molar-refractivity contribution is -0.136. The fourth-order valence-electron chi connectivity index (χ4n) is 4.41. The third-order valence-corrected chi connectivity index (χ3v) is 6.57. The van der Waals surface area contributed by atoms with Crippen LogP contribution in [0.3, 0.4) is 0 Å². The highest BCUT2D eigenvalue weighted by Crippen LogP contribution is 2.36. The van der Waals surface area contributed by atoms with Crippen molar-refractivity contribution < 1.29 is 23.7 Å². The van der Waals surface area contributed by atoms with E-state index < -0.39 is 0 Å². The van der Waals surface area contributed by atoms with Crippen molar-refractivity contribution in [1.29, 1.82) is 0 Å². The van der Waals surface area contributed by atoms with E-state index in [1.807, 2.05) is 59.3 Å². The van der Waals surface area contributed by atoms with Crippen molar-refractivity contribution in [2.75, 3.05) is 46.6 Å². The van der Waals surface area contributed by atoms with Crippen LogP contribution < -0.4 is 9.47 Å². The molecule has 1 unspecified atom stereocenters. The van der Waals surface area contributed by atoms with Crippen molar-refractivity contribution in [3.8, 4) is 28.3 Å². The number of rotatable bonds is 10. The van der Waals surface area contributed by atoms with Crippen LogP contribution in [-0.4, -0.2) is 78.6 Å². The Morgan fingerprint density at radius 1 is 1.11 bits per heavy atom. The van der Waals surface area contributed by atoms with Gasteiger partial charge in [0.2, 0.25) is 0 Å². The zero-order valence-electron chi connectivity index (χ0n) is 20.4. The van der Waals surface area contributed by atoms with E-state index in [1.54, 1.807) is 7.11 Å². The van der Waals surface area contributed by atoms with Gasteiger partial charge in [-0.3, -0.25) is 9.69 Å². The Labute approximate surface area is 219 Å². The minimum atomic E-state index is -0.368. The van der Waals surface area contributed by atoms with Crippen LogP contribution in [0.5, 0.6) is 11.5 Å². The average Bonchev–Trinajstić information content (AvgIpc) is 3.34. The highest BCUT2D eigenvalue weighted by atomic mass is 35.5. The molecule has 1 aliphatic rings. The normalized spacial score (nSPS) is 14.9. The van der Waals surface area contributed by atoms with Crippen LogP contribution >= 0.6 is 11.6 Å². The molecule has 1 atom stereocenters. The maximum absolute atomic E-state index is 11.0. The number of nitrogens with zero attached hydrogens (tertiary/aromatic N) is 4. The van der Waals surface area contributed by atoms with Gasteiger partial charge in [-0.1, -0.05) is 29.8 Å². The first-order chi connectivity index (χ1) is 18.2. The summed E-state index contributed by atoms with van der Waals surface area (Å²) >= 11 is 6.53. The molecule has 0 aliphatic carbocycles. The van der Waals surface area contributed by atoms with E-state index in [9.17, 15) is 4.79 Å². The van der Waals surface area contributed by atoms with E-state index in [-0.39, 0.29) is 12.7 Å². The number of methoxy groups -OCH3 is 1. The maximum atomic E-state index is 11.0. The van der Waals surface area contributed by atoms with Crippen molar-refractivity contribution >= 4 is 29.1 Å². The highest BCUT2D eigenvalue weighted by Gasteiger charge is 2.19. The van der Waals surface area contributed by atoms with Crippen molar-refractivity contribution in [2.45, 2.75) is 6.10 Å². The van der Waals surface area contributed by atoms with Gasteiger partial charge in [-0.25, -0.2) is 9.97 Å². The van der Waals surface area contributed by atoms with E-state index in [1.165, 1.54) is 6.33 Å². The first-order valence-corrected chi connectivity index (χ1v) is 12.3. The number of carbonyl (C=O) groups excluding carboxylic acids is 1. The van der Waals surface area contributed by atoms with Gasteiger partial charge in [0.15, 0.2) is 0 Å². The van der Waals surface area contributed by atoms with Gasteiger partial charge in [0.05, 0.1) is 31.4 Å². The van der Waals surface area contributed by atoms with Crippen LogP contribution in [0.4, 0.5) is 0 Å². The fraction of sp³-hybridized carbons (Fsp3) is 0.296. The molecule has 37 heavy (non-hydrogen) atoms. The summed E-state index contributed by atoms with van der Waals surface area (Å²) in [7, 11) is 1.64.